The van der Waals surface area contributed by atoms with Crippen LogP contribution in [0.25, 0.3) is 6.08 Å². The number of rotatable bonds is 5. The Morgan fingerprint density at radius 1 is 1.33 bits per heavy atom. The van der Waals surface area contributed by atoms with Crippen molar-refractivity contribution in [3.63, 3.8) is 0 Å². The van der Waals surface area contributed by atoms with Gasteiger partial charge < -0.3 is 14.8 Å². The summed E-state index contributed by atoms with van der Waals surface area (Å²) in [5.41, 5.74) is 1.56. The summed E-state index contributed by atoms with van der Waals surface area (Å²) < 4.78 is 11.6. The van der Waals surface area contributed by atoms with Gasteiger partial charge in [0.2, 0.25) is 0 Å². The van der Waals surface area contributed by atoms with E-state index in [1.54, 1.807) is 19.3 Å². The number of methoxy groups -OCH3 is 1. The van der Waals surface area contributed by atoms with Crippen LogP contribution in [0.15, 0.2) is 56.8 Å². The Morgan fingerprint density at radius 3 is 2.81 bits per heavy atom. The molecule has 2 aromatic carbocycles. The summed E-state index contributed by atoms with van der Waals surface area (Å²) in [6.45, 7) is 0.132. The van der Waals surface area contributed by atoms with E-state index in [1.807, 2.05) is 36.4 Å². The Labute approximate surface area is 170 Å². The number of thioether (sulfide) groups is 1. The second-order valence-electron chi connectivity index (χ2n) is 5.34. The normalized spacial score (nSPS) is 16.3. The zero-order valence-electron chi connectivity index (χ0n) is 14.4. The fourth-order valence-electron chi connectivity index (χ4n) is 2.33. The maximum Gasteiger partial charge on any atom is 0.264 e. The molecule has 1 heterocycles. The van der Waals surface area contributed by atoms with E-state index in [1.165, 1.54) is 11.8 Å². The predicted octanol–water partition coefficient (Wildman–Crippen LogP) is 4.36. The molecule has 1 N–H and O–H groups in total. The average molecular weight is 443 g/mol. The highest BCUT2D eigenvalue weighted by Gasteiger charge is 2.24. The van der Waals surface area contributed by atoms with Gasteiger partial charge in [0.15, 0.2) is 16.7 Å². The molecule has 0 bridgehead atoms. The van der Waals surface area contributed by atoms with Crippen LogP contribution in [-0.2, 0) is 4.79 Å². The smallest absolute Gasteiger partial charge is 0.264 e. The van der Waals surface area contributed by atoms with E-state index < -0.39 is 0 Å². The number of carbonyl (C=O) groups excluding carboxylic acids is 1. The third kappa shape index (κ3) is 4.73. The number of amidine groups is 1. The number of carbonyl (C=O) groups is 1. The molecular weight excluding hydrogens is 428 g/mol. The average Bonchev–Trinajstić information content (AvgIpc) is 3.00. The molecule has 7 heteroatoms. The van der Waals surface area contributed by atoms with Crippen LogP contribution < -0.4 is 14.8 Å². The Balaban J connectivity index is 1.86. The van der Waals surface area contributed by atoms with Gasteiger partial charge in [-0.1, -0.05) is 24.1 Å². The fraction of sp³-hybridized carbons (Fsp3) is 0.100. The minimum atomic E-state index is -0.197. The van der Waals surface area contributed by atoms with Gasteiger partial charge in [-0.2, -0.15) is 0 Å². The van der Waals surface area contributed by atoms with Crippen molar-refractivity contribution in [1.82, 2.24) is 5.32 Å². The number of hydrogen-bond acceptors (Lipinski definition) is 5. The number of nitrogens with one attached hydrogen (secondary N) is 1. The van der Waals surface area contributed by atoms with Crippen molar-refractivity contribution in [2.45, 2.75) is 0 Å². The standard InChI is InChI=1S/C20H15BrN2O3S/c1-3-9-26-18-15(21)10-13(11-16(18)25-2)12-17-19(24)23-20(27-17)22-14-7-5-4-6-8-14/h1,4-8,10-12H,9H2,2H3,(H,22,23,24)/b17-12-. The topological polar surface area (TPSA) is 59.9 Å². The zero-order chi connectivity index (χ0) is 19.2. The first-order chi connectivity index (χ1) is 13.1. The van der Waals surface area contributed by atoms with Crippen molar-refractivity contribution in [1.29, 1.82) is 0 Å². The number of aliphatic imine (C=N–C) groups is 1. The molecule has 0 spiro atoms. The maximum atomic E-state index is 12.3. The lowest BCUT2D eigenvalue weighted by molar-refractivity contribution is -0.115. The first-order valence-corrected chi connectivity index (χ1v) is 9.50. The van der Waals surface area contributed by atoms with Gasteiger partial charge in [-0.25, -0.2) is 4.99 Å². The van der Waals surface area contributed by atoms with E-state index in [0.717, 1.165) is 11.3 Å². The summed E-state index contributed by atoms with van der Waals surface area (Å²) in [4.78, 5) is 17.2. The Hall–Kier alpha value is -2.69. The third-order valence-corrected chi connectivity index (χ3v) is 4.99. The quantitative estimate of drug-likeness (QED) is 0.551. The van der Waals surface area contributed by atoms with Crippen molar-refractivity contribution in [2.75, 3.05) is 13.7 Å². The monoisotopic (exact) mass is 442 g/mol. The largest absolute Gasteiger partial charge is 0.493 e. The number of nitrogens with zero attached hydrogens (tertiary/aromatic N) is 1. The second-order valence-corrected chi connectivity index (χ2v) is 7.23. The molecule has 5 nitrogen and oxygen atoms in total. The number of ether oxygens (including phenoxy) is 2. The van der Waals surface area contributed by atoms with Gasteiger partial charge in [-0.05, 0) is 63.6 Å². The molecule has 136 valence electrons. The first-order valence-electron chi connectivity index (χ1n) is 7.89. The van der Waals surface area contributed by atoms with E-state index in [-0.39, 0.29) is 12.5 Å². The summed E-state index contributed by atoms with van der Waals surface area (Å²) >= 11 is 4.74. The van der Waals surface area contributed by atoms with Gasteiger partial charge in [0.25, 0.3) is 5.91 Å². The van der Waals surface area contributed by atoms with Crippen molar-refractivity contribution < 1.29 is 14.3 Å². The lowest BCUT2D eigenvalue weighted by Crippen LogP contribution is -2.19. The van der Waals surface area contributed by atoms with E-state index in [2.05, 4.69) is 32.2 Å². The van der Waals surface area contributed by atoms with Crippen LogP contribution in [-0.4, -0.2) is 24.8 Å². The molecule has 0 aromatic heterocycles. The highest BCUT2D eigenvalue weighted by atomic mass is 79.9. The molecule has 0 atom stereocenters. The molecular formula is C20H15BrN2O3S. The summed E-state index contributed by atoms with van der Waals surface area (Å²) in [6, 6.07) is 13.1. The predicted molar refractivity (Wildman–Crippen MR) is 112 cm³/mol. The summed E-state index contributed by atoms with van der Waals surface area (Å²) in [5.74, 6) is 3.26. The Bertz CT molecular complexity index is 965. The molecule has 1 amide bonds. The molecule has 1 saturated heterocycles. The minimum Gasteiger partial charge on any atom is -0.493 e. The van der Waals surface area contributed by atoms with Crippen LogP contribution in [0, 0.1) is 12.3 Å². The molecule has 0 unspecified atom stereocenters. The molecule has 3 rings (SSSR count). The van der Waals surface area contributed by atoms with Crippen molar-refractivity contribution >= 4 is 50.5 Å². The molecule has 1 fully saturated rings. The zero-order valence-corrected chi connectivity index (χ0v) is 16.8. The number of benzene rings is 2. The number of halogens is 1. The van der Waals surface area contributed by atoms with Crippen LogP contribution in [0.5, 0.6) is 11.5 Å². The molecule has 0 aliphatic carbocycles. The van der Waals surface area contributed by atoms with Gasteiger partial charge in [0, 0.05) is 0 Å². The summed E-state index contributed by atoms with van der Waals surface area (Å²) in [5, 5.41) is 3.31. The van der Waals surface area contributed by atoms with Crippen LogP contribution in [0.2, 0.25) is 0 Å². The van der Waals surface area contributed by atoms with Crippen molar-refractivity contribution in [3.8, 4) is 23.8 Å². The molecule has 0 radical (unpaired) electrons. The third-order valence-electron chi connectivity index (χ3n) is 3.49. The van der Waals surface area contributed by atoms with Crippen molar-refractivity contribution in [2.24, 2.45) is 4.99 Å². The number of hydrogen-bond donors (Lipinski definition) is 1. The van der Waals surface area contributed by atoms with Crippen LogP contribution in [0.4, 0.5) is 5.69 Å². The molecule has 1 aliphatic heterocycles. The number of para-hydroxylation sites is 1. The van der Waals surface area contributed by atoms with Crippen molar-refractivity contribution in [3.05, 3.63) is 57.4 Å². The SMILES string of the molecule is C#CCOc1c(Br)cc(/C=C2\SC(=Nc3ccccc3)NC2=O)cc1OC. The number of terminal acetylenes is 1. The number of amides is 1. The minimum absolute atomic E-state index is 0.132. The van der Waals surface area contributed by atoms with Gasteiger partial charge >= 0.3 is 0 Å². The molecule has 2 aromatic rings. The van der Waals surface area contributed by atoms with E-state index in [4.69, 9.17) is 15.9 Å². The van der Waals surface area contributed by atoms with E-state index in [9.17, 15) is 4.79 Å². The van der Waals surface area contributed by atoms with Crippen LogP contribution in [0.1, 0.15) is 5.56 Å². The Kier molecular flexibility index (Phi) is 6.22. The van der Waals surface area contributed by atoms with Crippen LogP contribution in [0.3, 0.4) is 0 Å². The van der Waals surface area contributed by atoms with Gasteiger partial charge in [-0.15, -0.1) is 6.42 Å². The first kappa shape index (κ1) is 19.1. The van der Waals surface area contributed by atoms with Gasteiger partial charge in [0.1, 0.15) is 6.61 Å². The summed E-state index contributed by atoms with van der Waals surface area (Å²) in [6.07, 6.45) is 7.01. The second kappa shape index (κ2) is 8.80. The highest BCUT2D eigenvalue weighted by molar-refractivity contribution is 9.10. The molecule has 0 saturated carbocycles. The lowest BCUT2D eigenvalue weighted by atomic mass is 10.2. The van der Waals surface area contributed by atoms with E-state index >= 15 is 0 Å². The van der Waals surface area contributed by atoms with Gasteiger partial charge in [0.05, 0.1) is 22.2 Å². The Morgan fingerprint density at radius 2 is 2.11 bits per heavy atom. The summed E-state index contributed by atoms with van der Waals surface area (Å²) in [7, 11) is 1.54. The lowest BCUT2D eigenvalue weighted by Gasteiger charge is -2.12. The van der Waals surface area contributed by atoms with Gasteiger partial charge in [-0.3, -0.25) is 4.79 Å². The van der Waals surface area contributed by atoms with Crippen LogP contribution >= 0.6 is 27.7 Å². The van der Waals surface area contributed by atoms with E-state index in [0.29, 0.717) is 26.0 Å². The highest BCUT2D eigenvalue weighted by Crippen LogP contribution is 2.38. The maximum absolute atomic E-state index is 12.3. The fourth-order valence-corrected chi connectivity index (χ4v) is 3.74. The molecule has 1 aliphatic rings. The molecule has 27 heavy (non-hydrogen) atoms.